The van der Waals surface area contributed by atoms with Crippen LogP contribution in [0.5, 0.6) is 0 Å². The molecule has 0 saturated heterocycles. The molecular formula is C32H72MoO16P4. The summed E-state index contributed by atoms with van der Waals surface area (Å²) in [6.07, 6.45) is 13.2. The fraction of sp³-hybridized carbons (Fsp3) is 1.00. The van der Waals surface area contributed by atoms with Crippen LogP contribution < -0.4 is 19.6 Å². The Morgan fingerprint density at radius 2 is 0.377 bits per heavy atom. The van der Waals surface area contributed by atoms with Gasteiger partial charge in [-0.15, -0.1) is 0 Å². The molecule has 0 heterocycles. The molecule has 0 aromatic carbocycles. The minimum atomic E-state index is -4.00. The number of phosphoric ester groups is 4. The summed E-state index contributed by atoms with van der Waals surface area (Å²) in [7, 11) is -16.0. The van der Waals surface area contributed by atoms with Crippen LogP contribution in [0.15, 0.2) is 0 Å². The van der Waals surface area contributed by atoms with Crippen LogP contribution >= 0.6 is 31.3 Å². The Labute approximate surface area is 336 Å². The van der Waals surface area contributed by atoms with E-state index in [2.05, 4.69) is 36.2 Å². The number of unbranched alkanes of at least 4 members (excludes halogenated alkanes) is 8. The summed E-state index contributed by atoms with van der Waals surface area (Å²) in [5, 5.41) is 0. The molecule has 21 heteroatoms. The third-order valence-electron chi connectivity index (χ3n) is 5.98. The third-order valence-corrected chi connectivity index (χ3v) is 9.97. The molecule has 0 N–H and O–H groups in total. The van der Waals surface area contributed by atoms with E-state index in [-0.39, 0.29) is 73.9 Å². The van der Waals surface area contributed by atoms with E-state index < -0.39 is 31.3 Å². The van der Waals surface area contributed by atoms with Gasteiger partial charge in [0.05, 0.1) is 52.9 Å². The number of hydrogen-bond acceptors (Lipinski definition) is 16. The zero-order valence-corrected chi connectivity index (χ0v) is 39.3. The van der Waals surface area contributed by atoms with Crippen LogP contribution in [0.4, 0.5) is 0 Å². The van der Waals surface area contributed by atoms with Gasteiger partial charge in [-0.3, -0.25) is 18.3 Å². The zero-order valence-electron chi connectivity index (χ0n) is 33.7. The molecule has 0 saturated carbocycles. The van der Waals surface area contributed by atoms with Crippen LogP contribution in [0.2, 0.25) is 0 Å². The van der Waals surface area contributed by atoms with E-state index in [0.29, 0.717) is 0 Å². The smallest absolute Gasteiger partial charge is 0.756 e. The first-order valence-corrected chi connectivity index (χ1v) is 24.7. The van der Waals surface area contributed by atoms with Gasteiger partial charge in [-0.05, 0) is 51.4 Å². The largest absolute Gasteiger partial charge is 4.00 e. The van der Waals surface area contributed by atoms with E-state index in [9.17, 15) is 37.8 Å². The van der Waals surface area contributed by atoms with Crippen molar-refractivity contribution >= 4 is 31.3 Å². The second-order valence-corrected chi connectivity index (χ2v) is 16.9. The molecule has 0 rings (SSSR count). The Bertz CT molecular complexity index is 736. The van der Waals surface area contributed by atoms with E-state index in [0.717, 1.165) is 103 Å². The average molecular weight is 933 g/mol. The molecule has 0 aromatic rings. The van der Waals surface area contributed by atoms with Gasteiger partial charge in [0.1, 0.15) is 0 Å². The molecule has 53 heavy (non-hydrogen) atoms. The van der Waals surface area contributed by atoms with Gasteiger partial charge in [0.2, 0.25) is 0 Å². The summed E-state index contributed by atoms with van der Waals surface area (Å²) in [4.78, 5) is 43.9. The summed E-state index contributed by atoms with van der Waals surface area (Å²) < 4.78 is 80.6. The molecule has 16 nitrogen and oxygen atoms in total. The van der Waals surface area contributed by atoms with Gasteiger partial charge in [-0.1, -0.05) is 107 Å². The molecule has 0 aliphatic rings. The van der Waals surface area contributed by atoms with E-state index in [1.165, 1.54) is 0 Å². The van der Waals surface area contributed by atoms with Crippen LogP contribution in [-0.2, 0) is 75.5 Å². The molecule has 0 spiro atoms. The molecule has 0 amide bonds. The Morgan fingerprint density at radius 1 is 0.283 bits per heavy atom. The molecule has 0 aromatic heterocycles. The normalized spacial score (nSPS) is 11.7. The summed E-state index contributed by atoms with van der Waals surface area (Å²) >= 11 is 0. The fourth-order valence-corrected chi connectivity index (χ4v) is 5.83. The molecule has 0 radical (unpaired) electrons. The number of rotatable bonds is 32. The Morgan fingerprint density at radius 3 is 0.453 bits per heavy atom. The van der Waals surface area contributed by atoms with Crippen molar-refractivity contribution in [1.82, 2.24) is 0 Å². The molecule has 0 atom stereocenters. The molecule has 0 fully saturated rings. The van der Waals surface area contributed by atoms with Gasteiger partial charge in [0.25, 0.3) is 31.3 Å². The fourth-order valence-electron chi connectivity index (χ4n) is 2.71. The van der Waals surface area contributed by atoms with Crippen molar-refractivity contribution in [3.8, 4) is 0 Å². The average Bonchev–Trinajstić information content (AvgIpc) is 3.06. The number of phosphoric acid groups is 4. The van der Waals surface area contributed by atoms with Crippen LogP contribution in [0.25, 0.3) is 0 Å². The standard InChI is InChI=1S/4C8H19O4P.Mo/c4*1-3-5-7-11-13(9,10)12-8-6-4-2;/h4*3-8H2,1-2H3,(H,9,10);/q;;;;+4/p-4. The van der Waals surface area contributed by atoms with Crippen LogP contribution in [0.3, 0.4) is 0 Å². The first-order valence-electron chi connectivity index (χ1n) is 18.9. The SMILES string of the molecule is CCCCOP(=O)([O-])OCCCC.CCCCOP(=O)([O-])OCCCC.CCCCOP(=O)([O-])OCCCC.CCCCOP(=O)([O-])OCCCC.[Mo+4]. The Balaban J connectivity index is -0.000000192. The summed E-state index contributed by atoms with van der Waals surface area (Å²) in [5.41, 5.74) is 0. The van der Waals surface area contributed by atoms with Gasteiger partial charge in [0.15, 0.2) is 0 Å². The first kappa shape index (κ1) is 63.3. The van der Waals surface area contributed by atoms with E-state index in [1.54, 1.807) is 0 Å². The maximum Gasteiger partial charge on any atom is 4.00 e. The van der Waals surface area contributed by atoms with Crippen LogP contribution in [0, 0.1) is 0 Å². The van der Waals surface area contributed by atoms with Gasteiger partial charge in [-0.25, -0.2) is 0 Å². The maximum atomic E-state index is 11.0. The summed E-state index contributed by atoms with van der Waals surface area (Å²) in [5.74, 6) is 0. The van der Waals surface area contributed by atoms with Crippen molar-refractivity contribution in [2.24, 2.45) is 0 Å². The van der Waals surface area contributed by atoms with Crippen molar-refractivity contribution in [1.29, 1.82) is 0 Å². The van der Waals surface area contributed by atoms with Gasteiger partial charge >= 0.3 is 21.1 Å². The summed E-state index contributed by atoms with van der Waals surface area (Å²) in [6.45, 7) is 17.6. The minimum Gasteiger partial charge on any atom is -0.756 e. The number of hydrogen-bond donors (Lipinski definition) is 0. The zero-order chi connectivity index (χ0) is 40.6. The Kier molecular flexibility index (Phi) is 52.8. The van der Waals surface area contributed by atoms with Crippen molar-refractivity contribution in [2.75, 3.05) is 52.9 Å². The molecule has 322 valence electrons. The molecule has 0 aliphatic heterocycles. The molecule has 0 unspecified atom stereocenters. The topological polar surface area (TPSA) is 234 Å². The van der Waals surface area contributed by atoms with Crippen molar-refractivity contribution < 1.29 is 95.1 Å². The predicted molar refractivity (Wildman–Crippen MR) is 197 cm³/mol. The maximum absolute atomic E-state index is 11.0. The monoisotopic (exact) mass is 934 g/mol. The van der Waals surface area contributed by atoms with Crippen molar-refractivity contribution in [3.63, 3.8) is 0 Å². The second-order valence-electron chi connectivity index (χ2n) is 11.3. The van der Waals surface area contributed by atoms with Gasteiger partial charge < -0.3 is 55.8 Å². The second kappa shape index (κ2) is 44.2. The van der Waals surface area contributed by atoms with Crippen LogP contribution in [0.1, 0.15) is 158 Å². The van der Waals surface area contributed by atoms with Crippen molar-refractivity contribution in [3.05, 3.63) is 0 Å². The molecule has 0 aliphatic carbocycles. The quantitative estimate of drug-likeness (QED) is 0.0350. The van der Waals surface area contributed by atoms with Gasteiger partial charge in [0, 0.05) is 0 Å². The minimum absolute atomic E-state index is 0. The van der Waals surface area contributed by atoms with Gasteiger partial charge in [-0.2, -0.15) is 0 Å². The molecule has 0 bridgehead atoms. The Hall–Kier alpha value is 1.13. The van der Waals surface area contributed by atoms with Crippen molar-refractivity contribution in [2.45, 2.75) is 158 Å². The third kappa shape index (κ3) is 57.5. The van der Waals surface area contributed by atoms with Crippen LogP contribution in [-0.4, -0.2) is 52.9 Å². The van der Waals surface area contributed by atoms with E-state index >= 15 is 0 Å². The summed E-state index contributed by atoms with van der Waals surface area (Å²) in [6, 6.07) is 0. The first-order chi connectivity index (χ1) is 24.5. The van der Waals surface area contributed by atoms with E-state index in [1.807, 2.05) is 55.4 Å². The van der Waals surface area contributed by atoms with E-state index in [4.69, 9.17) is 0 Å². The molecular weight excluding hydrogens is 860 g/mol. The predicted octanol–water partition coefficient (Wildman–Crippen LogP) is 8.35.